The first-order chi connectivity index (χ1) is 11.9. The molecule has 8 heteroatoms. The average molecular weight is 360 g/mol. The quantitative estimate of drug-likeness (QED) is 0.808. The Balaban J connectivity index is 1.57. The molecule has 1 unspecified atom stereocenters. The number of fused-ring (bicyclic) bond motifs is 1. The molecule has 0 radical (unpaired) electrons. The van der Waals surface area contributed by atoms with Crippen LogP contribution in [0.4, 0.5) is 0 Å². The molecule has 2 aliphatic heterocycles. The fourth-order valence-corrected chi connectivity index (χ4v) is 4.62. The molecule has 2 aromatic rings. The normalized spacial score (nSPS) is 21.9. The molecule has 4 rings (SSSR count). The summed E-state index contributed by atoms with van der Waals surface area (Å²) < 4.78 is 36.3. The standard InChI is InChI=1S/C17H20N4O3S/c1-12-9-13(2)21(18-12)11-14-10-20(7-8-24-14)17-15-5-3-4-6-16(15)25(22,23)19-17/h3-6,9,14H,7-8,10-11H2,1-2H3. The Hall–Kier alpha value is -2.19. The van der Waals surface area contributed by atoms with E-state index in [0.29, 0.717) is 37.6 Å². The van der Waals surface area contributed by atoms with Crippen LogP contribution in [0.1, 0.15) is 17.0 Å². The predicted molar refractivity (Wildman–Crippen MR) is 93.2 cm³/mol. The van der Waals surface area contributed by atoms with E-state index in [1.165, 1.54) is 0 Å². The van der Waals surface area contributed by atoms with Gasteiger partial charge >= 0.3 is 0 Å². The highest BCUT2D eigenvalue weighted by Crippen LogP contribution is 2.28. The van der Waals surface area contributed by atoms with E-state index in [2.05, 4.69) is 9.50 Å². The van der Waals surface area contributed by atoms with Gasteiger partial charge in [0.2, 0.25) is 0 Å². The number of amidine groups is 1. The largest absolute Gasteiger partial charge is 0.373 e. The van der Waals surface area contributed by atoms with Crippen LogP contribution < -0.4 is 0 Å². The predicted octanol–water partition coefficient (Wildman–Crippen LogP) is 1.35. The van der Waals surface area contributed by atoms with Crippen molar-refractivity contribution in [2.45, 2.75) is 31.4 Å². The van der Waals surface area contributed by atoms with Crippen molar-refractivity contribution in [1.29, 1.82) is 0 Å². The van der Waals surface area contributed by atoms with Crippen LogP contribution in [0.5, 0.6) is 0 Å². The van der Waals surface area contributed by atoms with Gasteiger partial charge < -0.3 is 9.64 Å². The fraction of sp³-hybridized carbons (Fsp3) is 0.412. The molecular weight excluding hydrogens is 340 g/mol. The molecule has 1 fully saturated rings. The summed E-state index contributed by atoms with van der Waals surface area (Å²) in [6.07, 6.45) is -0.0649. The third-order valence-electron chi connectivity index (χ3n) is 4.53. The van der Waals surface area contributed by atoms with E-state index in [-0.39, 0.29) is 11.0 Å². The summed E-state index contributed by atoms with van der Waals surface area (Å²) in [6.45, 7) is 6.36. The highest BCUT2D eigenvalue weighted by Gasteiger charge is 2.34. The van der Waals surface area contributed by atoms with Crippen LogP contribution in [-0.2, 0) is 21.3 Å². The van der Waals surface area contributed by atoms with Gasteiger partial charge in [0.05, 0.1) is 24.9 Å². The molecule has 1 atom stereocenters. The van der Waals surface area contributed by atoms with Crippen molar-refractivity contribution >= 4 is 15.9 Å². The summed E-state index contributed by atoms with van der Waals surface area (Å²) in [7, 11) is -3.60. The number of sulfonamides is 1. The van der Waals surface area contributed by atoms with Gasteiger partial charge in [0.15, 0.2) is 5.84 Å². The molecule has 132 valence electrons. The number of nitrogens with zero attached hydrogens (tertiary/aromatic N) is 4. The molecule has 2 aliphatic rings. The second-order valence-electron chi connectivity index (χ2n) is 6.43. The van der Waals surface area contributed by atoms with Crippen LogP contribution in [0, 0.1) is 13.8 Å². The van der Waals surface area contributed by atoms with Crippen molar-refractivity contribution < 1.29 is 13.2 Å². The zero-order valence-electron chi connectivity index (χ0n) is 14.2. The highest BCUT2D eigenvalue weighted by molar-refractivity contribution is 7.90. The minimum atomic E-state index is -3.60. The van der Waals surface area contributed by atoms with Crippen LogP contribution >= 0.6 is 0 Å². The van der Waals surface area contributed by atoms with E-state index >= 15 is 0 Å². The number of morpholine rings is 1. The van der Waals surface area contributed by atoms with E-state index in [0.717, 1.165) is 11.4 Å². The Morgan fingerprint density at radius 1 is 1.28 bits per heavy atom. The van der Waals surface area contributed by atoms with E-state index in [9.17, 15) is 8.42 Å². The summed E-state index contributed by atoms with van der Waals surface area (Å²) in [5, 5.41) is 4.48. The molecule has 3 heterocycles. The molecule has 0 saturated carbocycles. The first-order valence-corrected chi connectivity index (χ1v) is 9.70. The molecule has 0 N–H and O–H groups in total. The number of hydrogen-bond donors (Lipinski definition) is 0. The molecule has 25 heavy (non-hydrogen) atoms. The topological polar surface area (TPSA) is 76.8 Å². The average Bonchev–Trinajstić information content (AvgIpc) is 3.04. The van der Waals surface area contributed by atoms with Gasteiger partial charge in [-0.25, -0.2) is 0 Å². The van der Waals surface area contributed by atoms with Gasteiger partial charge in [-0.05, 0) is 32.0 Å². The van der Waals surface area contributed by atoms with Gasteiger partial charge in [0.25, 0.3) is 10.0 Å². The monoisotopic (exact) mass is 360 g/mol. The third kappa shape index (κ3) is 2.96. The highest BCUT2D eigenvalue weighted by atomic mass is 32.2. The Bertz CT molecular complexity index is 949. The number of ether oxygens (including phenoxy) is 1. The maximum absolute atomic E-state index is 12.3. The lowest BCUT2D eigenvalue weighted by atomic mass is 10.1. The zero-order valence-corrected chi connectivity index (χ0v) is 15.0. The summed E-state index contributed by atoms with van der Waals surface area (Å²) in [6, 6.07) is 9.01. The van der Waals surface area contributed by atoms with E-state index < -0.39 is 10.0 Å². The smallest absolute Gasteiger partial charge is 0.285 e. The first kappa shape index (κ1) is 16.3. The number of rotatable bonds is 2. The van der Waals surface area contributed by atoms with Crippen LogP contribution in [-0.4, -0.2) is 54.7 Å². The van der Waals surface area contributed by atoms with Crippen molar-refractivity contribution in [3.8, 4) is 0 Å². The van der Waals surface area contributed by atoms with Crippen LogP contribution in [0.25, 0.3) is 0 Å². The molecule has 0 spiro atoms. The lowest BCUT2D eigenvalue weighted by Gasteiger charge is -2.34. The Morgan fingerprint density at radius 2 is 2.08 bits per heavy atom. The molecule has 1 aromatic heterocycles. The summed E-state index contributed by atoms with van der Waals surface area (Å²) >= 11 is 0. The Kier molecular flexibility index (Phi) is 3.88. The van der Waals surface area contributed by atoms with Gasteiger partial charge in [0, 0.05) is 24.3 Å². The molecule has 0 amide bonds. The van der Waals surface area contributed by atoms with E-state index in [1.54, 1.807) is 12.1 Å². The first-order valence-electron chi connectivity index (χ1n) is 8.26. The summed E-state index contributed by atoms with van der Waals surface area (Å²) in [5.74, 6) is 0.525. The minimum absolute atomic E-state index is 0.0649. The van der Waals surface area contributed by atoms with Crippen molar-refractivity contribution in [1.82, 2.24) is 14.7 Å². The maximum Gasteiger partial charge on any atom is 0.285 e. The third-order valence-corrected chi connectivity index (χ3v) is 5.86. The maximum atomic E-state index is 12.3. The minimum Gasteiger partial charge on any atom is -0.373 e. The van der Waals surface area contributed by atoms with Crippen LogP contribution in [0.15, 0.2) is 39.6 Å². The molecule has 7 nitrogen and oxygen atoms in total. The Morgan fingerprint density at radius 3 is 2.84 bits per heavy atom. The van der Waals surface area contributed by atoms with Gasteiger partial charge in [-0.15, -0.1) is 4.40 Å². The van der Waals surface area contributed by atoms with E-state index in [4.69, 9.17) is 4.74 Å². The number of benzene rings is 1. The Labute approximate surface area is 147 Å². The number of aromatic nitrogens is 2. The van der Waals surface area contributed by atoms with Crippen molar-refractivity contribution in [2.24, 2.45) is 4.40 Å². The zero-order chi connectivity index (χ0) is 17.6. The fourth-order valence-electron chi connectivity index (χ4n) is 3.39. The molecule has 0 bridgehead atoms. The second-order valence-corrected chi connectivity index (χ2v) is 8.01. The van der Waals surface area contributed by atoms with E-state index in [1.807, 2.05) is 41.6 Å². The second kappa shape index (κ2) is 5.96. The molecule has 0 aliphatic carbocycles. The lowest BCUT2D eigenvalue weighted by Crippen LogP contribution is -2.47. The van der Waals surface area contributed by atoms with Crippen molar-refractivity contribution in [2.75, 3.05) is 19.7 Å². The van der Waals surface area contributed by atoms with Crippen LogP contribution in [0.2, 0.25) is 0 Å². The number of aryl methyl sites for hydroxylation is 2. The van der Waals surface area contributed by atoms with Crippen molar-refractivity contribution in [3.63, 3.8) is 0 Å². The molecular formula is C17H20N4O3S. The lowest BCUT2D eigenvalue weighted by molar-refractivity contribution is -0.0161. The van der Waals surface area contributed by atoms with Crippen LogP contribution in [0.3, 0.4) is 0 Å². The van der Waals surface area contributed by atoms with Gasteiger partial charge in [-0.1, -0.05) is 12.1 Å². The van der Waals surface area contributed by atoms with Crippen molar-refractivity contribution in [3.05, 3.63) is 47.3 Å². The molecule has 1 aromatic carbocycles. The van der Waals surface area contributed by atoms with Gasteiger partial charge in [-0.3, -0.25) is 4.68 Å². The SMILES string of the molecule is Cc1cc(C)n(CC2CN(C3=NS(=O)(=O)c4ccccc43)CCO2)n1. The summed E-state index contributed by atoms with van der Waals surface area (Å²) in [5.41, 5.74) is 2.74. The summed E-state index contributed by atoms with van der Waals surface area (Å²) in [4.78, 5) is 2.29. The molecule has 1 saturated heterocycles. The number of hydrogen-bond acceptors (Lipinski definition) is 5. The van der Waals surface area contributed by atoms with Gasteiger partial charge in [-0.2, -0.15) is 13.5 Å². The van der Waals surface area contributed by atoms with Gasteiger partial charge in [0.1, 0.15) is 4.90 Å².